The smallest absolute Gasteiger partial charge is 0.346 e. The van der Waals surface area contributed by atoms with Gasteiger partial charge in [0.1, 0.15) is 5.82 Å². The van der Waals surface area contributed by atoms with Crippen LogP contribution in [0.1, 0.15) is 24.4 Å². The van der Waals surface area contributed by atoms with E-state index in [1.54, 1.807) is 22.8 Å². The lowest BCUT2D eigenvalue weighted by molar-refractivity contribution is 0.546. The zero-order valence-corrected chi connectivity index (χ0v) is 15.7. The second-order valence-electron chi connectivity index (χ2n) is 6.69. The van der Waals surface area contributed by atoms with Gasteiger partial charge < -0.3 is 4.42 Å². The minimum absolute atomic E-state index is 0.00314. The van der Waals surface area contributed by atoms with Crippen LogP contribution in [0.5, 0.6) is 0 Å². The zero-order chi connectivity index (χ0) is 19.7. The van der Waals surface area contributed by atoms with Gasteiger partial charge in [-0.15, -0.1) is 5.10 Å². The van der Waals surface area contributed by atoms with E-state index in [0.717, 1.165) is 12.8 Å². The largest absolute Gasteiger partial charge is 0.461 e. The first-order valence-corrected chi connectivity index (χ1v) is 10.5. The van der Waals surface area contributed by atoms with E-state index in [1.165, 1.54) is 29.1 Å². The van der Waals surface area contributed by atoms with Crippen LogP contribution >= 0.6 is 0 Å². The van der Waals surface area contributed by atoms with Crippen LogP contribution in [0.4, 0.5) is 4.39 Å². The molecule has 2 aromatic heterocycles. The Hall–Kier alpha value is -2.72. The Bertz CT molecular complexity index is 1130. The van der Waals surface area contributed by atoms with E-state index in [4.69, 9.17) is 4.42 Å². The maximum atomic E-state index is 13.2. The Kier molecular flexibility index (Phi) is 4.90. The van der Waals surface area contributed by atoms with Crippen molar-refractivity contribution in [1.82, 2.24) is 19.1 Å². The maximum Gasteiger partial charge on any atom is 0.346 e. The van der Waals surface area contributed by atoms with Gasteiger partial charge in [0.2, 0.25) is 15.8 Å². The van der Waals surface area contributed by atoms with Crippen molar-refractivity contribution in [2.45, 2.75) is 31.2 Å². The van der Waals surface area contributed by atoms with Gasteiger partial charge >= 0.3 is 5.69 Å². The van der Waals surface area contributed by atoms with E-state index >= 15 is 0 Å². The van der Waals surface area contributed by atoms with Crippen molar-refractivity contribution < 1.29 is 17.2 Å². The van der Waals surface area contributed by atoms with Crippen molar-refractivity contribution in [3.8, 4) is 11.6 Å². The Labute approximate surface area is 160 Å². The van der Waals surface area contributed by atoms with Gasteiger partial charge in [0.15, 0.2) is 5.76 Å². The first-order chi connectivity index (χ1) is 13.4. The van der Waals surface area contributed by atoms with Crippen molar-refractivity contribution in [2.24, 2.45) is 0 Å². The molecule has 1 aromatic carbocycles. The van der Waals surface area contributed by atoms with Crippen LogP contribution in [0.15, 0.2) is 51.9 Å². The number of benzene rings is 1. The Morgan fingerprint density at radius 3 is 2.75 bits per heavy atom. The Morgan fingerprint density at radius 1 is 1.25 bits per heavy atom. The van der Waals surface area contributed by atoms with Crippen molar-refractivity contribution in [3.05, 3.63) is 64.5 Å². The number of furan rings is 1. The summed E-state index contributed by atoms with van der Waals surface area (Å²) in [5.74, 6) is 0.109. The summed E-state index contributed by atoms with van der Waals surface area (Å²) < 4.78 is 48.2. The van der Waals surface area contributed by atoms with Gasteiger partial charge in [-0.3, -0.25) is 4.57 Å². The molecule has 0 spiro atoms. The van der Waals surface area contributed by atoms with Gasteiger partial charge in [-0.2, -0.15) is 0 Å². The third-order valence-electron chi connectivity index (χ3n) is 4.42. The molecule has 1 fully saturated rings. The molecule has 10 heteroatoms. The van der Waals surface area contributed by atoms with Gasteiger partial charge in [-0.1, -0.05) is 12.1 Å². The molecular weight excluding hydrogens is 387 g/mol. The molecule has 0 amide bonds. The van der Waals surface area contributed by atoms with E-state index in [0.29, 0.717) is 17.1 Å². The van der Waals surface area contributed by atoms with Crippen molar-refractivity contribution in [2.75, 3.05) is 6.54 Å². The molecule has 4 rings (SSSR count). The third kappa shape index (κ3) is 4.07. The molecule has 148 valence electrons. The normalized spacial score (nSPS) is 14.5. The molecular formula is C18H19FN4O4S. The second-order valence-corrected chi connectivity index (χ2v) is 8.50. The summed E-state index contributed by atoms with van der Waals surface area (Å²) in [5, 5.41) is 4.32. The predicted octanol–water partition coefficient (Wildman–Crippen LogP) is 1.90. The number of hydrogen-bond donors (Lipinski definition) is 1. The molecule has 1 aliphatic rings. The van der Waals surface area contributed by atoms with Gasteiger partial charge in [0.25, 0.3) is 0 Å². The molecule has 0 bridgehead atoms. The van der Waals surface area contributed by atoms with Crippen LogP contribution in [0.3, 0.4) is 0 Å². The lowest BCUT2D eigenvalue weighted by Gasteiger charge is -2.06. The molecule has 1 aliphatic carbocycles. The zero-order valence-electron chi connectivity index (χ0n) is 14.9. The van der Waals surface area contributed by atoms with Crippen molar-refractivity contribution >= 4 is 10.0 Å². The quantitative estimate of drug-likeness (QED) is 0.616. The van der Waals surface area contributed by atoms with Crippen molar-refractivity contribution in [3.63, 3.8) is 0 Å². The number of halogens is 1. The van der Waals surface area contributed by atoms with Crippen LogP contribution in [0, 0.1) is 5.82 Å². The third-order valence-corrected chi connectivity index (χ3v) is 5.77. The molecule has 0 saturated heterocycles. The topological polar surface area (TPSA) is 99.1 Å². The first kappa shape index (κ1) is 18.6. The van der Waals surface area contributed by atoms with E-state index in [9.17, 15) is 17.6 Å². The minimum Gasteiger partial charge on any atom is -0.461 e. The standard InChI is InChI=1S/C18H19FN4O4S/c19-14-4-1-3-13(11-14)12-28(25,26)20-8-9-22-18(24)23(15-6-7-15)17(21-22)16-5-2-10-27-16/h1-5,10-11,15,20H,6-9,12H2. The highest BCUT2D eigenvalue weighted by Gasteiger charge is 2.31. The van der Waals surface area contributed by atoms with E-state index in [1.807, 2.05) is 0 Å². The summed E-state index contributed by atoms with van der Waals surface area (Å²) in [7, 11) is -3.67. The van der Waals surface area contributed by atoms with Crippen LogP contribution in [0.2, 0.25) is 0 Å². The number of hydrogen-bond acceptors (Lipinski definition) is 5. The number of sulfonamides is 1. The molecule has 1 N–H and O–H groups in total. The molecule has 0 aliphatic heterocycles. The molecule has 8 nitrogen and oxygen atoms in total. The predicted molar refractivity (Wildman–Crippen MR) is 99.5 cm³/mol. The summed E-state index contributed by atoms with van der Waals surface area (Å²) >= 11 is 0. The molecule has 0 atom stereocenters. The number of aromatic nitrogens is 3. The summed E-state index contributed by atoms with van der Waals surface area (Å²) in [5.41, 5.74) is 0.0565. The fraction of sp³-hybridized carbons (Fsp3) is 0.333. The summed E-state index contributed by atoms with van der Waals surface area (Å²) in [6.07, 6.45) is 3.32. The average Bonchev–Trinajstić information content (AvgIpc) is 3.20. The molecule has 28 heavy (non-hydrogen) atoms. The Morgan fingerprint density at radius 2 is 2.07 bits per heavy atom. The number of nitrogens with one attached hydrogen (secondary N) is 1. The van der Waals surface area contributed by atoms with Gasteiger partial charge in [0.05, 0.1) is 18.6 Å². The fourth-order valence-corrected chi connectivity index (χ4v) is 4.13. The van der Waals surface area contributed by atoms with E-state index in [-0.39, 0.29) is 30.6 Å². The van der Waals surface area contributed by atoms with Crippen LogP contribution in [-0.4, -0.2) is 29.3 Å². The monoisotopic (exact) mass is 406 g/mol. The summed E-state index contributed by atoms with van der Waals surface area (Å²) in [6.45, 7) is 0.0749. The highest BCUT2D eigenvalue weighted by Crippen LogP contribution is 2.36. The highest BCUT2D eigenvalue weighted by molar-refractivity contribution is 7.88. The molecule has 1 saturated carbocycles. The van der Waals surface area contributed by atoms with Crippen LogP contribution in [-0.2, 0) is 22.3 Å². The van der Waals surface area contributed by atoms with Crippen molar-refractivity contribution in [1.29, 1.82) is 0 Å². The van der Waals surface area contributed by atoms with E-state index < -0.39 is 15.8 Å². The fourth-order valence-electron chi connectivity index (χ4n) is 3.01. The van der Waals surface area contributed by atoms with Crippen LogP contribution < -0.4 is 10.4 Å². The summed E-state index contributed by atoms with van der Waals surface area (Å²) in [4.78, 5) is 12.7. The molecule has 2 heterocycles. The SMILES string of the molecule is O=c1n(CCNS(=O)(=O)Cc2cccc(F)c2)nc(-c2ccco2)n1C1CC1. The highest BCUT2D eigenvalue weighted by atomic mass is 32.2. The number of rotatable bonds is 8. The van der Waals surface area contributed by atoms with Crippen LogP contribution in [0.25, 0.3) is 11.6 Å². The lowest BCUT2D eigenvalue weighted by Crippen LogP contribution is -2.32. The average molecular weight is 406 g/mol. The van der Waals surface area contributed by atoms with Gasteiger partial charge in [0, 0.05) is 12.6 Å². The first-order valence-electron chi connectivity index (χ1n) is 8.88. The van der Waals surface area contributed by atoms with Gasteiger partial charge in [-0.25, -0.2) is 27.0 Å². The number of nitrogens with zero attached hydrogens (tertiary/aromatic N) is 3. The van der Waals surface area contributed by atoms with E-state index in [2.05, 4.69) is 9.82 Å². The Balaban J connectivity index is 1.45. The molecule has 0 unspecified atom stereocenters. The maximum absolute atomic E-state index is 13.2. The molecule has 0 radical (unpaired) electrons. The molecule has 3 aromatic rings. The van der Waals surface area contributed by atoms with Gasteiger partial charge in [-0.05, 0) is 42.7 Å². The lowest BCUT2D eigenvalue weighted by atomic mass is 10.2. The minimum atomic E-state index is -3.67. The summed E-state index contributed by atoms with van der Waals surface area (Å²) in [6, 6.07) is 8.98. The second kappa shape index (κ2) is 7.36.